The minimum absolute atomic E-state index is 0.534. The van der Waals surface area contributed by atoms with Crippen molar-refractivity contribution in [3.8, 4) is 0 Å². The number of aromatic nitrogens is 1. The van der Waals surface area contributed by atoms with E-state index in [1.807, 2.05) is 6.20 Å². The van der Waals surface area contributed by atoms with Crippen LogP contribution in [-0.4, -0.2) is 4.98 Å². The van der Waals surface area contributed by atoms with Crippen LogP contribution in [0.3, 0.4) is 0 Å². The molecule has 12 heavy (non-hydrogen) atoms. The van der Waals surface area contributed by atoms with Gasteiger partial charge in [-0.1, -0.05) is 13.8 Å². The average Bonchev–Trinajstić information content (AvgIpc) is 2.04. The van der Waals surface area contributed by atoms with E-state index in [2.05, 4.69) is 31.8 Å². The molecule has 0 aliphatic rings. The van der Waals surface area contributed by atoms with Crippen molar-refractivity contribution < 1.29 is 0 Å². The number of nitrogens with two attached hydrogens (primary N) is 1. The van der Waals surface area contributed by atoms with Gasteiger partial charge in [-0.25, -0.2) is 0 Å². The third-order valence-corrected chi connectivity index (χ3v) is 2.17. The maximum atomic E-state index is 5.56. The predicted molar refractivity (Wildman–Crippen MR) is 51.0 cm³/mol. The van der Waals surface area contributed by atoms with Gasteiger partial charge >= 0.3 is 0 Å². The summed E-state index contributed by atoms with van der Waals surface area (Å²) < 4.78 is 0. The summed E-state index contributed by atoms with van der Waals surface area (Å²) in [5.41, 5.74) is 9.17. The molecule has 0 fully saturated rings. The van der Waals surface area contributed by atoms with Gasteiger partial charge in [-0.05, 0) is 30.0 Å². The van der Waals surface area contributed by atoms with Gasteiger partial charge in [0, 0.05) is 12.7 Å². The Balaban J connectivity index is 3.14. The van der Waals surface area contributed by atoms with Crippen LogP contribution in [0, 0.1) is 6.92 Å². The van der Waals surface area contributed by atoms with Crippen LogP contribution < -0.4 is 5.73 Å². The summed E-state index contributed by atoms with van der Waals surface area (Å²) >= 11 is 0. The minimum Gasteiger partial charge on any atom is -0.325 e. The summed E-state index contributed by atoms with van der Waals surface area (Å²) in [7, 11) is 0. The standard InChI is InChI=1S/C10H16N2/c1-7(2)9-4-5-12-10(6-11)8(9)3/h4-5,7H,6,11H2,1-3H3. The monoisotopic (exact) mass is 164 g/mol. The zero-order valence-corrected chi connectivity index (χ0v) is 7.96. The molecule has 2 heteroatoms. The first-order chi connectivity index (χ1) is 5.66. The van der Waals surface area contributed by atoms with Gasteiger partial charge in [-0.15, -0.1) is 0 Å². The maximum absolute atomic E-state index is 5.56. The molecule has 2 nitrogen and oxygen atoms in total. The van der Waals surface area contributed by atoms with Gasteiger partial charge in [0.15, 0.2) is 0 Å². The Bertz CT molecular complexity index is 267. The summed E-state index contributed by atoms with van der Waals surface area (Å²) in [6, 6.07) is 2.07. The molecule has 0 aliphatic carbocycles. The van der Waals surface area contributed by atoms with Crippen LogP contribution in [0.15, 0.2) is 12.3 Å². The molecule has 0 unspecified atom stereocenters. The zero-order valence-electron chi connectivity index (χ0n) is 7.96. The Kier molecular flexibility index (Phi) is 2.82. The lowest BCUT2D eigenvalue weighted by Gasteiger charge is -2.11. The van der Waals surface area contributed by atoms with Crippen LogP contribution in [-0.2, 0) is 6.54 Å². The van der Waals surface area contributed by atoms with E-state index in [0.29, 0.717) is 12.5 Å². The molecule has 2 N–H and O–H groups in total. The number of pyridine rings is 1. The number of rotatable bonds is 2. The first kappa shape index (κ1) is 9.20. The van der Waals surface area contributed by atoms with Crippen molar-refractivity contribution in [1.29, 1.82) is 0 Å². The van der Waals surface area contributed by atoms with E-state index < -0.39 is 0 Å². The molecule has 0 aliphatic heterocycles. The fourth-order valence-corrected chi connectivity index (χ4v) is 1.43. The van der Waals surface area contributed by atoms with Crippen molar-refractivity contribution in [3.63, 3.8) is 0 Å². The molecule has 0 amide bonds. The van der Waals surface area contributed by atoms with E-state index in [0.717, 1.165) is 5.69 Å². The van der Waals surface area contributed by atoms with Crippen LogP contribution in [0.4, 0.5) is 0 Å². The highest BCUT2D eigenvalue weighted by Crippen LogP contribution is 2.19. The molecule has 1 heterocycles. The molecule has 0 saturated heterocycles. The van der Waals surface area contributed by atoms with Gasteiger partial charge in [0.05, 0.1) is 5.69 Å². The van der Waals surface area contributed by atoms with Crippen LogP contribution in [0.1, 0.15) is 36.6 Å². The first-order valence-electron chi connectivity index (χ1n) is 4.31. The Morgan fingerprint density at radius 1 is 1.50 bits per heavy atom. The van der Waals surface area contributed by atoms with E-state index in [9.17, 15) is 0 Å². The van der Waals surface area contributed by atoms with E-state index >= 15 is 0 Å². The van der Waals surface area contributed by atoms with Gasteiger partial charge in [-0.2, -0.15) is 0 Å². The second kappa shape index (κ2) is 3.68. The molecule has 0 aromatic carbocycles. The fourth-order valence-electron chi connectivity index (χ4n) is 1.43. The summed E-state index contributed by atoms with van der Waals surface area (Å²) in [6.45, 7) is 6.99. The molecular formula is C10H16N2. The van der Waals surface area contributed by atoms with E-state index in [4.69, 9.17) is 5.73 Å². The number of hydrogen-bond donors (Lipinski definition) is 1. The molecule has 0 saturated carbocycles. The molecule has 0 atom stereocenters. The van der Waals surface area contributed by atoms with Crippen LogP contribution >= 0.6 is 0 Å². The minimum atomic E-state index is 0.534. The molecule has 0 spiro atoms. The quantitative estimate of drug-likeness (QED) is 0.725. The molecule has 0 bridgehead atoms. The smallest absolute Gasteiger partial charge is 0.0571 e. The zero-order chi connectivity index (χ0) is 9.14. The van der Waals surface area contributed by atoms with Gasteiger partial charge < -0.3 is 5.73 Å². The SMILES string of the molecule is Cc1c(C(C)C)ccnc1CN. The Morgan fingerprint density at radius 3 is 2.67 bits per heavy atom. The summed E-state index contributed by atoms with van der Waals surface area (Å²) in [5, 5.41) is 0. The Labute approximate surface area is 73.8 Å². The lowest BCUT2D eigenvalue weighted by atomic mass is 9.98. The fraction of sp³-hybridized carbons (Fsp3) is 0.500. The molecular weight excluding hydrogens is 148 g/mol. The van der Waals surface area contributed by atoms with Gasteiger partial charge in [0.1, 0.15) is 0 Å². The highest BCUT2D eigenvalue weighted by Gasteiger charge is 2.06. The topological polar surface area (TPSA) is 38.9 Å². The summed E-state index contributed by atoms with van der Waals surface area (Å²) in [6.07, 6.45) is 1.84. The van der Waals surface area contributed by atoms with Crippen molar-refractivity contribution in [3.05, 3.63) is 29.1 Å². The van der Waals surface area contributed by atoms with Crippen LogP contribution in [0.2, 0.25) is 0 Å². The molecule has 1 aromatic rings. The van der Waals surface area contributed by atoms with E-state index in [-0.39, 0.29) is 0 Å². The second-order valence-electron chi connectivity index (χ2n) is 3.33. The van der Waals surface area contributed by atoms with Gasteiger partial charge in [0.25, 0.3) is 0 Å². The Hall–Kier alpha value is -0.890. The van der Waals surface area contributed by atoms with Crippen molar-refractivity contribution >= 4 is 0 Å². The third kappa shape index (κ3) is 1.64. The van der Waals surface area contributed by atoms with Crippen LogP contribution in [0.5, 0.6) is 0 Å². The average molecular weight is 164 g/mol. The lowest BCUT2D eigenvalue weighted by Crippen LogP contribution is -2.05. The first-order valence-corrected chi connectivity index (χ1v) is 4.31. The largest absolute Gasteiger partial charge is 0.325 e. The predicted octanol–water partition coefficient (Wildman–Crippen LogP) is 1.97. The molecule has 0 radical (unpaired) electrons. The number of hydrogen-bond acceptors (Lipinski definition) is 2. The van der Waals surface area contributed by atoms with Gasteiger partial charge in [-0.3, -0.25) is 4.98 Å². The van der Waals surface area contributed by atoms with Gasteiger partial charge in [0.2, 0.25) is 0 Å². The van der Waals surface area contributed by atoms with Crippen molar-refractivity contribution in [1.82, 2.24) is 4.98 Å². The molecule has 1 aromatic heterocycles. The highest BCUT2D eigenvalue weighted by molar-refractivity contribution is 5.30. The van der Waals surface area contributed by atoms with E-state index in [1.165, 1.54) is 11.1 Å². The van der Waals surface area contributed by atoms with Crippen molar-refractivity contribution in [2.24, 2.45) is 5.73 Å². The number of nitrogens with zero attached hydrogens (tertiary/aromatic N) is 1. The molecule has 66 valence electrons. The summed E-state index contributed by atoms with van der Waals surface area (Å²) in [4.78, 5) is 4.21. The molecule has 1 rings (SSSR count). The normalized spacial score (nSPS) is 10.8. The van der Waals surface area contributed by atoms with Crippen molar-refractivity contribution in [2.45, 2.75) is 33.2 Å². The third-order valence-electron chi connectivity index (χ3n) is 2.17. The van der Waals surface area contributed by atoms with Crippen LogP contribution in [0.25, 0.3) is 0 Å². The second-order valence-corrected chi connectivity index (χ2v) is 3.33. The van der Waals surface area contributed by atoms with Crippen molar-refractivity contribution in [2.75, 3.05) is 0 Å². The highest BCUT2D eigenvalue weighted by atomic mass is 14.7. The maximum Gasteiger partial charge on any atom is 0.0571 e. The van der Waals surface area contributed by atoms with E-state index in [1.54, 1.807) is 0 Å². The Morgan fingerprint density at radius 2 is 2.17 bits per heavy atom. The summed E-state index contributed by atoms with van der Waals surface area (Å²) in [5.74, 6) is 0.554. The lowest BCUT2D eigenvalue weighted by molar-refractivity contribution is 0.835.